The fourth-order valence-electron chi connectivity index (χ4n) is 2.19. The summed E-state index contributed by atoms with van der Waals surface area (Å²) in [7, 11) is 0. The predicted octanol–water partition coefficient (Wildman–Crippen LogP) is 4.57. The molecule has 2 aromatic carbocycles. The third-order valence-corrected chi connectivity index (χ3v) is 4.05. The molecular formula is C19H21BrN2O2. The highest BCUT2D eigenvalue weighted by Gasteiger charge is 2.14. The van der Waals surface area contributed by atoms with Crippen molar-refractivity contribution in [2.24, 2.45) is 0 Å². The molecule has 126 valence electrons. The second kappa shape index (κ2) is 7.62. The Hall–Kier alpha value is -2.14. The van der Waals surface area contributed by atoms with Crippen molar-refractivity contribution in [3.8, 4) is 0 Å². The van der Waals surface area contributed by atoms with Gasteiger partial charge in [-0.25, -0.2) is 0 Å². The van der Waals surface area contributed by atoms with Crippen LogP contribution < -0.4 is 10.6 Å². The number of nitrogens with one attached hydrogen (secondary N) is 2. The maximum Gasteiger partial charge on any atom is 0.255 e. The molecule has 0 saturated heterocycles. The highest BCUT2D eigenvalue weighted by Crippen LogP contribution is 2.22. The average molecular weight is 389 g/mol. The van der Waals surface area contributed by atoms with Gasteiger partial charge in [0, 0.05) is 16.9 Å². The van der Waals surface area contributed by atoms with Gasteiger partial charge in [-0.3, -0.25) is 9.59 Å². The van der Waals surface area contributed by atoms with Crippen LogP contribution in [0.15, 0.2) is 48.5 Å². The fourth-order valence-corrected chi connectivity index (χ4v) is 2.33. The lowest BCUT2D eigenvalue weighted by molar-refractivity contribution is -0.113. The molecule has 0 aromatic heterocycles. The van der Waals surface area contributed by atoms with Gasteiger partial charge < -0.3 is 10.6 Å². The normalized spacial score (nSPS) is 11.0. The van der Waals surface area contributed by atoms with Crippen LogP contribution in [0.1, 0.15) is 36.7 Å². The molecule has 0 aliphatic rings. The van der Waals surface area contributed by atoms with Crippen LogP contribution in [0, 0.1) is 0 Å². The number of rotatable bonds is 4. The first-order valence-electron chi connectivity index (χ1n) is 7.67. The van der Waals surface area contributed by atoms with Gasteiger partial charge in [-0.05, 0) is 41.3 Å². The first-order valence-corrected chi connectivity index (χ1v) is 8.79. The Balaban J connectivity index is 2.09. The highest BCUT2D eigenvalue weighted by atomic mass is 79.9. The predicted molar refractivity (Wildman–Crippen MR) is 102 cm³/mol. The zero-order chi connectivity index (χ0) is 17.7. The van der Waals surface area contributed by atoms with Gasteiger partial charge in [0.15, 0.2) is 0 Å². The first kappa shape index (κ1) is 18.2. The summed E-state index contributed by atoms with van der Waals surface area (Å²) in [6, 6.07) is 14.7. The summed E-state index contributed by atoms with van der Waals surface area (Å²) in [5, 5.41) is 5.80. The van der Waals surface area contributed by atoms with Crippen molar-refractivity contribution in [1.29, 1.82) is 0 Å². The van der Waals surface area contributed by atoms with E-state index in [2.05, 4.69) is 47.3 Å². The van der Waals surface area contributed by atoms with Crippen molar-refractivity contribution in [3.05, 3.63) is 59.7 Å². The molecule has 5 heteroatoms. The summed E-state index contributed by atoms with van der Waals surface area (Å²) in [5.74, 6) is -0.323. The van der Waals surface area contributed by atoms with Gasteiger partial charge in [-0.1, -0.05) is 54.9 Å². The Morgan fingerprint density at radius 1 is 0.958 bits per heavy atom. The van der Waals surface area contributed by atoms with Gasteiger partial charge in [0.1, 0.15) is 0 Å². The van der Waals surface area contributed by atoms with Crippen LogP contribution in [0.2, 0.25) is 0 Å². The highest BCUT2D eigenvalue weighted by molar-refractivity contribution is 9.09. The second-order valence-electron chi connectivity index (χ2n) is 6.54. The molecule has 0 atom stereocenters. The molecule has 0 spiro atoms. The molecule has 2 aromatic rings. The van der Waals surface area contributed by atoms with Crippen molar-refractivity contribution < 1.29 is 9.59 Å². The summed E-state index contributed by atoms with van der Waals surface area (Å²) in [6.07, 6.45) is 0. The second-order valence-corrected chi connectivity index (χ2v) is 7.10. The van der Waals surface area contributed by atoms with Gasteiger partial charge >= 0.3 is 0 Å². The minimum atomic E-state index is -0.181. The van der Waals surface area contributed by atoms with Crippen LogP contribution in [0.25, 0.3) is 0 Å². The Morgan fingerprint density at radius 2 is 1.54 bits per heavy atom. The van der Waals surface area contributed by atoms with Gasteiger partial charge in [0.05, 0.1) is 5.33 Å². The lowest BCUT2D eigenvalue weighted by Gasteiger charge is -2.19. The Labute approximate surface area is 150 Å². The molecular weight excluding hydrogens is 368 g/mol. The van der Waals surface area contributed by atoms with E-state index < -0.39 is 0 Å². The summed E-state index contributed by atoms with van der Waals surface area (Å²) >= 11 is 3.10. The van der Waals surface area contributed by atoms with Gasteiger partial charge in [-0.2, -0.15) is 0 Å². The summed E-state index contributed by atoms with van der Waals surface area (Å²) < 4.78 is 0. The number of carbonyl (C=O) groups excluding carboxylic acids is 2. The molecule has 0 aliphatic carbocycles. The van der Waals surface area contributed by atoms with Gasteiger partial charge in [0.25, 0.3) is 5.91 Å². The topological polar surface area (TPSA) is 58.2 Å². The molecule has 0 unspecified atom stereocenters. The Bertz CT molecular complexity index is 734. The van der Waals surface area contributed by atoms with Crippen LogP contribution in [0.5, 0.6) is 0 Å². The minimum absolute atomic E-state index is 0.0525. The van der Waals surface area contributed by atoms with Crippen molar-refractivity contribution in [2.45, 2.75) is 26.2 Å². The Kier molecular flexibility index (Phi) is 5.78. The van der Waals surface area contributed by atoms with E-state index in [1.807, 2.05) is 24.3 Å². The van der Waals surface area contributed by atoms with Crippen LogP contribution >= 0.6 is 15.9 Å². The van der Waals surface area contributed by atoms with Crippen molar-refractivity contribution >= 4 is 39.1 Å². The number of hydrogen-bond acceptors (Lipinski definition) is 2. The lowest BCUT2D eigenvalue weighted by Crippen LogP contribution is -2.15. The van der Waals surface area contributed by atoms with E-state index in [4.69, 9.17) is 0 Å². The number of benzene rings is 2. The molecule has 0 radical (unpaired) electrons. The molecule has 2 amide bonds. The number of halogens is 1. The Morgan fingerprint density at radius 3 is 2.08 bits per heavy atom. The monoisotopic (exact) mass is 388 g/mol. The van der Waals surface area contributed by atoms with Crippen LogP contribution in [-0.2, 0) is 10.2 Å². The zero-order valence-corrected chi connectivity index (χ0v) is 15.6. The summed E-state index contributed by atoms with van der Waals surface area (Å²) in [6.45, 7) is 6.40. The number of hydrogen-bond donors (Lipinski definition) is 2. The summed E-state index contributed by atoms with van der Waals surface area (Å²) in [4.78, 5) is 23.8. The average Bonchev–Trinajstić information content (AvgIpc) is 2.54. The smallest absolute Gasteiger partial charge is 0.255 e. The summed E-state index contributed by atoms with van der Waals surface area (Å²) in [5.41, 5.74) is 3.10. The van der Waals surface area contributed by atoms with E-state index in [-0.39, 0.29) is 22.6 Å². The standard InChI is InChI=1S/C19H21BrN2O2/c1-19(2,3)14-9-7-13(8-10-14)18(24)22-16-6-4-5-15(11-16)21-17(23)12-20/h4-11H,12H2,1-3H3,(H,21,23)(H,22,24). The molecule has 0 fully saturated rings. The van der Waals surface area contributed by atoms with E-state index in [9.17, 15) is 9.59 Å². The quantitative estimate of drug-likeness (QED) is 0.753. The van der Waals surface area contributed by atoms with Crippen molar-refractivity contribution in [1.82, 2.24) is 0 Å². The largest absolute Gasteiger partial charge is 0.325 e. The maximum absolute atomic E-state index is 12.4. The third-order valence-electron chi connectivity index (χ3n) is 3.54. The van der Waals surface area contributed by atoms with Crippen LogP contribution in [-0.4, -0.2) is 17.1 Å². The maximum atomic E-state index is 12.4. The number of alkyl halides is 1. The molecule has 0 heterocycles. The molecule has 0 aliphatic heterocycles. The van der Waals surface area contributed by atoms with Gasteiger partial charge in [0.2, 0.25) is 5.91 Å². The van der Waals surface area contributed by atoms with Crippen LogP contribution in [0.3, 0.4) is 0 Å². The van der Waals surface area contributed by atoms with E-state index in [1.54, 1.807) is 24.3 Å². The van der Waals surface area contributed by atoms with Crippen LogP contribution in [0.4, 0.5) is 11.4 Å². The van der Waals surface area contributed by atoms with Gasteiger partial charge in [-0.15, -0.1) is 0 Å². The third kappa shape index (κ3) is 4.93. The zero-order valence-electron chi connectivity index (χ0n) is 14.0. The fraction of sp³-hybridized carbons (Fsp3) is 0.263. The van der Waals surface area contributed by atoms with E-state index >= 15 is 0 Å². The lowest BCUT2D eigenvalue weighted by atomic mass is 9.87. The van der Waals surface area contributed by atoms with E-state index in [0.29, 0.717) is 16.9 Å². The van der Waals surface area contributed by atoms with Crippen molar-refractivity contribution in [3.63, 3.8) is 0 Å². The molecule has 4 nitrogen and oxygen atoms in total. The molecule has 2 N–H and O–H groups in total. The molecule has 2 rings (SSSR count). The SMILES string of the molecule is CC(C)(C)c1ccc(C(=O)Nc2cccc(NC(=O)CBr)c2)cc1. The number of amides is 2. The number of carbonyl (C=O) groups is 2. The van der Waals surface area contributed by atoms with E-state index in [0.717, 1.165) is 0 Å². The van der Waals surface area contributed by atoms with E-state index in [1.165, 1.54) is 5.56 Å². The number of anilines is 2. The molecule has 0 saturated carbocycles. The molecule has 0 bridgehead atoms. The molecule has 24 heavy (non-hydrogen) atoms. The first-order chi connectivity index (χ1) is 11.3. The minimum Gasteiger partial charge on any atom is -0.325 e. The van der Waals surface area contributed by atoms with Crippen molar-refractivity contribution in [2.75, 3.05) is 16.0 Å².